The first-order valence-electron chi connectivity index (χ1n) is 35.3. The summed E-state index contributed by atoms with van der Waals surface area (Å²) in [6.07, 6.45) is 3.06. The van der Waals surface area contributed by atoms with Crippen LogP contribution in [0.1, 0.15) is 184 Å². The highest BCUT2D eigenvalue weighted by atomic mass is 17.3. The molecule has 8 heterocycles. The summed E-state index contributed by atoms with van der Waals surface area (Å²) in [6, 6.07) is 14.9. The van der Waals surface area contributed by atoms with Crippen LogP contribution in [0.25, 0.3) is 11.1 Å². The van der Waals surface area contributed by atoms with E-state index in [1.54, 1.807) is 41.5 Å². The summed E-state index contributed by atoms with van der Waals surface area (Å²) in [4.78, 5) is 126. The van der Waals surface area contributed by atoms with Gasteiger partial charge in [0.25, 0.3) is 0 Å². The molecule has 0 radical (unpaired) electrons. The molecule has 530 valence electrons. The minimum atomic E-state index is -1.10. The molecule has 6 amide bonds. The quantitative estimate of drug-likeness (QED) is 0.0349. The molecule has 24 heteroatoms. The number of carbonyl (C=O) groups excluding carboxylic acids is 7. The highest BCUT2D eigenvalue weighted by Gasteiger charge is 2.71. The average molecular weight is 1340 g/mol. The Balaban J connectivity index is 0.776. The Morgan fingerprint density at radius 1 is 0.573 bits per heavy atom. The molecule has 11 aliphatic rings. The first kappa shape index (κ1) is 71.3. The predicted octanol–water partition coefficient (Wildman–Crippen LogP) is 9.10. The van der Waals surface area contributed by atoms with Crippen LogP contribution in [0.5, 0.6) is 0 Å². The van der Waals surface area contributed by atoms with E-state index in [0.29, 0.717) is 37.5 Å². The molecule has 17 atom stereocenters. The van der Waals surface area contributed by atoms with Crippen molar-refractivity contribution in [2.24, 2.45) is 47.3 Å². The van der Waals surface area contributed by atoms with E-state index in [1.807, 2.05) is 62.4 Å². The summed E-state index contributed by atoms with van der Waals surface area (Å²) < 4.78 is 43.9. The number of esters is 1. The Bertz CT molecular complexity index is 3130. The van der Waals surface area contributed by atoms with E-state index in [9.17, 15) is 28.8 Å². The van der Waals surface area contributed by atoms with E-state index in [1.165, 1.54) is 9.80 Å². The number of unbranched alkanes of at least 4 members (excludes halogenated alkanes) is 1. The lowest BCUT2D eigenvalue weighted by Crippen LogP contribution is -2.70. The highest BCUT2D eigenvalue weighted by Crippen LogP contribution is 2.63. The molecule has 10 fully saturated rings. The van der Waals surface area contributed by atoms with Crippen LogP contribution in [0.4, 0.5) is 9.59 Å². The van der Waals surface area contributed by atoms with Gasteiger partial charge >= 0.3 is 18.2 Å². The lowest BCUT2D eigenvalue weighted by Gasteiger charge is -2.60. The maximum absolute atomic E-state index is 15.1. The minimum Gasteiger partial charge on any atom is -0.459 e. The van der Waals surface area contributed by atoms with Crippen LogP contribution in [0.3, 0.4) is 0 Å². The van der Waals surface area contributed by atoms with Gasteiger partial charge in [-0.25, -0.2) is 29.1 Å². The molecule has 8 aliphatic heterocycles. The molecule has 13 rings (SSSR count). The Hall–Kier alpha value is -5.99. The predicted molar refractivity (Wildman–Crippen MR) is 348 cm³/mol. The first-order valence-corrected chi connectivity index (χ1v) is 35.3. The summed E-state index contributed by atoms with van der Waals surface area (Å²) >= 11 is 0. The zero-order chi connectivity index (χ0) is 68.7. The largest absolute Gasteiger partial charge is 0.459 e. The number of hydrogen-bond acceptors (Lipinski definition) is 18. The summed E-state index contributed by atoms with van der Waals surface area (Å²) in [7, 11) is 0. The molecule has 96 heavy (non-hydrogen) atoms. The molecular weight excluding hydrogens is 1240 g/mol. The van der Waals surface area contributed by atoms with Crippen molar-refractivity contribution in [3.8, 4) is 11.1 Å². The molecular formula is C72H104N6O18. The zero-order valence-electron chi connectivity index (χ0n) is 58.3. The second-order valence-electron chi connectivity index (χ2n) is 31.1. The van der Waals surface area contributed by atoms with Crippen LogP contribution < -0.4 is 21.3 Å². The van der Waals surface area contributed by atoms with Gasteiger partial charge in [0.05, 0.1) is 31.6 Å². The molecule has 2 aromatic rings. The van der Waals surface area contributed by atoms with Crippen LogP contribution in [0.2, 0.25) is 0 Å². The van der Waals surface area contributed by atoms with Crippen molar-refractivity contribution < 1.29 is 86.3 Å². The third kappa shape index (κ3) is 15.3. The van der Waals surface area contributed by atoms with Crippen molar-refractivity contribution in [1.82, 2.24) is 31.1 Å². The maximum Gasteiger partial charge on any atom is 0.407 e. The SMILES string of the molecule is C[C@@H]1CCC2[C@@H](C)[C@@H](CC(=O)N(CCNC(=O)[C@H](CCCCNC(=O)OC(C)(C)C)NC(=O)OCC3c4ccccc4-c4ccccc43)CC(=O)NCCN(CC(=O)OC(C)(C)C)C(=O)C[C@H]3O[C@@H]4O[C@]5(C)CCC6[C@H](C)CCC([C@H]3C)[C@]64OO5)O[C@@H]3O[C@]4(C)CCC1[C@@]23OO4. The Kier molecular flexibility index (Phi) is 21.3. The van der Waals surface area contributed by atoms with E-state index in [0.717, 1.165) is 60.8 Å². The molecule has 2 aromatic carbocycles. The zero-order valence-corrected chi connectivity index (χ0v) is 58.3. The maximum atomic E-state index is 15.1. The van der Waals surface area contributed by atoms with Gasteiger partial charge in [-0.05, 0) is 171 Å². The van der Waals surface area contributed by atoms with Gasteiger partial charge in [-0.3, -0.25) is 24.0 Å². The van der Waals surface area contributed by atoms with E-state index < -0.39 is 114 Å². The van der Waals surface area contributed by atoms with Crippen molar-refractivity contribution in [2.75, 3.05) is 52.4 Å². The molecule has 3 aliphatic carbocycles. The first-order chi connectivity index (χ1) is 45.5. The number of alkyl carbamates (subject to hydrolysis) is 2. The number of nitrogens with zero attached hydrogens (tertiary/aromatic N) is 2. The van der Waals surface area contributed by atoms with Gasteiger partial charge < -0.3 is 64.2 Å². The standard InChI is InChI=1S/C72H104N6O18/c1-42-24-26-53-44(3)56(87-63-71(53)51(42)28-30-69(11,90-63)93-95-71)37-59(80)77(36-34-74-62(83)55(23-17-18-32-75-65(84)92-68(8,9)10)76-66(85)86-41-50-48-21-15-13-19-46(48)47-20-14-16-22-49(47)50)39-58(79)73-33-35-78(40-61(82)89-67(5,6)7)60(81)38-57-45(4)54-27-25-43(2)52-29-31-70(12)91-64(88-57)72(52,54)96-94-70/h13-16,19-22,42-45,50-57,63-64H,17-18,23-41H2,1-12H3,(H,73,79)(H,74,83)(H,75,84)(H,76,85)/t42-,43-,44-,45-,51?,52?,53?,54?,55+,56-,57-,63-,64-,69+,70+,71-,72-/m1/s1. The topological polar surface area (TPSA) is 276 Å². The summed E-state index contributed by atoms with van der Waals surface area (Å²) in [5.41, 5.74) is 0.929. The third-order valence-corrected chi connectivity index (χ3v) is 22.0. The Morgan fingerprint density at radius 3 is 1.59 bits per heavy atom. The number of hydrogen-bond donors (Lipinski definition) is 4. The third-order valence-electron chi connectivity index (χ3n) is 22.0. The molecule has 24 nitrogen and oxygen atoms in total. The van der Waals surface area contributed by atoms with Crippen molar-refractivity contribution in [3.05, 3.63) is 59.7 Å². The Morgan fingerprint density at radius 2 is 1.07 bits per heavy atom. The Labute approximate surface area is 564 Å². The fourth-order valence-corrected chi connectivity index (χ4v) is 17.2. The second-order valence-corrected chi connectivity index (χ2v) is 31.1. The van der Waals surface area contributed by atoms with Gasteiger partial charge in [0, 0.05) is 63.3 Å². The highest BCUT2D eigenvalue weighted by molar-refractivity contribution is 5.87. The van der Waals surface area contributed by atoms with Crippen LogP contribution in [-0.4, -0.2) is 169 Å². The number of nitrogens with one attached hydrogen (secondary N) is 4. The smallest absolute Gasteiger partial charge is 0.407 e. The van der Waals surface area contributed by atoms with Crippen LogP contribution in [0, 0.1) is 47.3 Å². The van der Waals surface area contributed by atoms with Gasteiger partial charge in [0.1, 0.15) is 30.4 Å². The lowest BCUT2D eigenvalue weighted by molar-refractivity contribution is -0.571. The van der Waals surface area contributed by atoms with Gasteiger partial charge in [-0.2, -0.15) is 0 Å². The van der Waals surface area contributed by atoms with Crippen molar-refractivity contribution in [2.45, 2.75) is 237 Å². The molecule has 4 unspecified atom stereocenters. The number of carbonyl (C=O) groups is 7. The second kappa shape index (κ2) is 28.7. The van der Waals surface area contributed by atoms with E-state index in [4.69, 9.17) is 52.7 Å². The fraction of sp³-hybridized carbons (Fsp3) is 0.736. The summed E-state index contributed by atoms with van der Waals surface area (Å²) in [5.74, 6) is -4.43. The summed E-state index contributed by atoms with van der Waals surface area (Å²) in [6.45, 7) is 21.8. The van der Waals surface area contributed by atoms with Gasteiger partial charge in [0.15, 0.2) is 23.8 Å². The van der Waals surface area contributed by atoms with Crippen molar-refractivity contribution >= 4 is 41.8 Å². The van der Waals surface area contributed by atoms with Crippen LogP contribution >= 0.6 is 0 Å². The van der Waals surface area contributed by atoms with Gasteiger partial charge in [-0.1, -0.05) is 76.2 Å². The number of rotatable bonds is 23. The number of ether oxygens (including phenoxy) is 7. The molecule has 0 aromatic heterocycles. The minimum absolute atomic E-state index is 0.0148. The van der Waals surface area contributed by atoms with Gasteiger partial charge in [-0.15, -0.1) is 0 Å². The summed E-state index contributed by atoms with van der Waals surface area (Å²) in [5, 5.41) is 11.4. The fourth-order valence-electron chi connectivity index (χ4n) is 17.2. The average Bonchev–Trinajstić information content (AvgIpc) is 1.19. The van der Waals surface area contributed by atoms with E-state index >= 15 is 4.79 Å². The lowest BCUT2D eigenvalue weighted by atomic mass is 9.57. The van der Waals surface area contributed by atoms with Crippen molar-refractivity contribution in [1.29, 1.82) is 0 Å². The number of fused-ring (bicyclic) bond motifs is 7. The normalized spacial score (nSPS) is 33.5. The molecule has 2 spiro atoms. The number of amides is 6. The van der Waals surface area contributed by atoms with Crippen LogP contribution in [-0.2, 0) is 76.7 Å². The van der Waals surface area contributed by atoms with E-state index in [2.05, 4.69) is 49.0 Å². The van der Waals surface area contributed by atoms with Gasteiger partial charge in [0.2, 0.25) is 35.2 Å². The van der Waals surface area contributed by atoms with Crippen molar-refractivity contribution in [3.63, 3.8) is 0 Å². The van der Waals surface area contributed by atoms with Crippen LogP contribution in [0.15, 0.2) is 48.5 Å². The molecule has 8 saturated heterocycles. The molecule has 4 bridgehead atoms. The molecule has 2 saturated carbocycles. The monoisotopic (exact) mass is 1340 g/mol. The molecule has 4 N–H and O–H groups in total. The van der Waals surface area contributed by atoms with E-state index in [-0.39, 0.29) is 106 Å². The number of benzene rings is 2.